The number of carbonyl (C=O) groups is 1. The molecule has 102 valence electrons. The largest absolute Gasteiger partial charge is 0.469 e. The van der Waals surface area contributed by atoms with E-state index in [0.717, 1.165) is 48.7 Å². The van der Waals surface area contributed by atoms with Crippen LogP contribution < -0.4 is 0 Å². The number of rotatable bonds is 2. The van der Waals surface area contributed by atoms with Crippen molar-refractivity contribution in [3.63, 3.8) is 0 Å². The number of ether oxygens (including phenoxy) is 1. The first-order valence-electron chi connectivity index (χ1n) is 6.66. The number of esters is 1. The Morgan fingerprint density at radius 1 is 1.26 bits per heavy atom. The topological polar surface area (TPSA) is 52.1 Å². The molecule has 1 aromatic rings. The van der Waals surface area contributed by atoms with E-state index in [1.54, 1.807) is 6.33 Å². The summed E-state index contributed by atoms with van der Waals surface area (Å²) in [5, 5.41) is 0. The summed E-state index contributed by atoms with van der Waals surface area (Å²) in [4.78, 5) is 20.5. The predicted molar refractivity (Wildman–Crippen MR) is 73.6 cm³/mol. The molecule has 1 aromatic heterocycles. The van der Waals surface area contributed by atoms with E-state index in [9.17, 15) is 4.79 Å². The van der Waals surface area contributed by atoms with Crippen molar-refractivity contribution in [2.75, 3.05) is 7.11 Å². The number of methoxy groups -OCH3 is 1. The van der Waals surface area contributed by atoms with E-state index in [1.165, 1.54) is 7.11 Å². The summed E-state index contributed by atoms with van der Waals surface area (Å²) in [6.07, 6.45) is 9.20. The van der Waals surface area contributed by atoms with Crippen LogP contribution in [0.5, 0.6) is 0 Å². The van der Waals surface area contributed by atoms with Crippen LogP contribution in [0.4, 0.5) is 0 Å². The van der Waals surface area contributed by atoms with Gasteiger partial charge in [-0.2, -0.15) is 0 Å². The minimum Gasteiger partial charge on any atom is -0.469 e. The molecule has 5 heteroatoms. The van der Waals surface area contributed by atoms with Crippen LogP contribution in [-0.2, 0) is 14.9 Å². The Hall–Kier alpha value is -0.970. The molecule has 0 saturated heterocycles. The third kappa shape index (κ3) is 1.90. The second-order valence-electron chi connectivity index (χ2n) is 5.77. The number of hydrogen-bond donors (Lipinski definition) is 0. The van der Waals surface area contributed by atoms with Gasteiger partial charge in [-0.3, -0.25) is 4.79 Å². The maximum atomic E-state index is 12.0. The number of aromatic nitrogens is 2. The van der Waals surface area contributed by atoms with E-state index in [1.807, 2.05) is 6.20 Å². The van der Waals surface area contributed by atoms with Crippen molar-refractivity contribution >= 4 is 21.9 Å². The van der Waals surface area contributed by atoms with E-state index >= 15 is 0 Å². The average Bonchev–Trinajstić information content (AvgIpc) is 2.48. The Kier molecular flexibility index (Phi) is 3.12. The lowest BCUT2D eigenvalue weighted by Gasteiger charge is -2.51. The lowest BCUT2D eigenvalue weighted by molar-refractivity contribution is -0.160. The summed E-state index contributed by atoms with van der Waals surface area (Å²) >= 11 is 3.56. The second-order valence-corrected chi connectivity index (χ2v) is 6.63. The first-order valence-corrected chi connectivity index (χ1v) is 7.46. The van der Waals surface area contributed by atoms with E-state index in [2.05, 4.69) is 25.9 Å². The van der Waals surface area contributed by atoms with Crippen molar-refractivity contribution in [2.45, 2.75) is 43.9 Å². The molecule has 3 fully saturated rings. The molecule has 4 rings (SSSR count). The molecule has 3 aliphatic carbocycles. The van der Waals surface area contributed by atoms with E-state index < -0.39 is 0 Å². The van der Waals surface area contributed by atoms with Gasteiger partial charge in [-0.15, -0.1) is 0 Å². The first kappa shape index (κ1) is 13.0. The Morgan fingerprint density at radius 3 is 2.42 bits per heavy atom. The molecule has 0 unspecified atom stereocenters. The molecule has 3 aliphatic rings. The summed E-state index contributed by atoms with van der Waals surface area (Å²) in [5.41, 5.74) is 1.01. The molecule has 3 saturated carbocycles. The third-order valence-corrected chi connectivity index (χ3v) is 5.61. The predicted octanol–water partition coefficient (Wildman–Crippen LogP) is 3.00. The minimum absolute atomic E-state index is 0.0254. The Morgan fingerprint density at radius 2 is 1.89 bits per heavy atom. The van der Waals surface area contributed by atoms with Gasteiger partial charge in [-0.05, 0) is 54.5 Å². The summed E-state index contributed by atoms with van der Waals surface area (Å²) in [6.45, 7) is 0. The molecule has 0 atom stereocenters. The van der Waals surface area contributed by atoms with Crippen molar-refractivity contribution in [1.82, 2.24) is 9.97 Å². The molecular weight excluding hydrogens is 308 g/mol. The summed E-state index contributed by atoms with van der Waals surface area (Å²) < 4.78 is 5.99. The molecule has 1 heterocycles. The molecule has 2 bridgehead atoms. The fourth-order valence-corrected chi connectivity index (χ4v) is 4.41. The first-order chi connectivity index (χ1) is 9.12. The van der Waals surface area contributed by atoms with Crippen LogP contribution in [0.25, 0.3) is 0 Å². The van der Waals surface area contributed by atoms with Crippen LogP contribution in [0, 0.1) is 5.41 Å². The maximum Gasteiger partial charge on any atom is 0.311 e. The Balaban J connectivity index is 1.89. The normalized spacial score (nSPS) is 33.2. The highest BCUT2D eigenvalue weighted by Crippen LogP contribution is 2.58. The smallest absolute Gasteiger partial charge is 0.311 e. The monoisotopic (exact) mass is 324 g/mol. The minimum atomic E-state index is -0.226. The lowest BCUT2D eigenvalue weighted by Crippen LogP contribution is -2.48. The average molecular weight is 325 g/mol. The maximum absolute atomic E-state index is 12.0. The van der Waals surface area contributed by atoms with Crippen LogP contribution in [0.3, 0.4) is 0 Å². The highest BCUT2D eigenvalue weighted by atomic mass is 79.9. The van der Waals surface area contributed by atoms with Gasteiger partial charge in [0.25, 0.3) is 0 Å². The summed E-state index contributed by atoms with van der Waals surface area (Å²) in [6, 6.07) is 0. The lowest BCUT2D eigenvalue weighted by atomic mass is 9.53. The van der Waals surface area contributed by atoms with Gasteiger partial charge in [0.05, 0.1) is 22.7 Å². The van der Waals surface area contributed by atoms with E-state index in [0.29, 0.717) is 0 Å². The molecule has 0 aliphatic heterocycles. The highest BCUT2D eigenvalue weighted by Gasteiger charge is 2.54. The van der Waals surface area contributed by atoms with Crippen LogP contribution in [0.1, 0.15) is 44.2 Å². The van der Waals surface area contributed by atoms with Gasteiger partial charge >= 0.3 is 5.97 Å². The van der Waals surface area contributed by atoms with Gasteiger partial charge in [-0.1, -0.05) is 0 Å². The van der Waals surface area contributed by atoms with Crippen molar-refractivity contribution in [3.05, 3.63) is 22.7 Å². The van der Waals surface area contributed by atoms with Gasteiger partial charge in [-0.25, -0.2) is 9.97 Å². The second kappa shape index (κ2) is 4.54. The SMILES string of the molecule is COC(=O)C12CCC(c3ncncc3Br)(CC1)CC2. The number of hydrogen-bond acceptors (Lipinski definition) is 4. The zero-order valence-corrected chi connectivity index (χ0v) is 12.6. The number of fused-ring (bicyclic) bond motifs is 3. The highest BCUT2D eigenvalue weighted by molar-refractivity contribution is 9.10. The zero-order chi connectivity index (χ0) is 13.5. The van der Waals surface area contributed by atoms with Gasteiger partial charge < -0.3 is 4.74 Å². The molecule has 19 heavy (non-hydrogen) atoms. The van der Waals surface area contributed by atoms with Crippen LogP contribution in [-0.4, -0.2) is 23.0 Å². The van der Waals surface area contributed by atoms with Crippen LogP contribution in [0.2, 0.25) is 0 Å². The van der Waals surface area contributed by atoms with Gasteiger partial charge in [0.15, 0.2) is 0 Å². The van der Waals surface area contributed by atoms with Crippen molar-refractivity contribution < 1.29 is 9.53 Å². The van der Waals surface area contributed by atoms with E-state index in [-0.39, 0.29) is 16.8 Å². The van der Waals surface area contributed by atoms with Crippen molar-refractivity contribution in [3.8, 4) is 0 Å². The Bertz CT molecular complexity index is 493. The number of carbonyl (C=O) groups excluding carboxylic acids is 1. The van der Waals surface area contributed by atoms with Crippen molar-refractivity contribution in [1.29, 1.82) is 0 Å². The number of nitrogens with zero attached hydrogens (tertiary/aromatic N) is 2. The van der Waals surface area contributed by atoms with Gasteiger partial charge in [0.2, 0.25) is 0 Å². The molecule has 0 radical (unpaired) electrons. The van der Waals surface area contributed by atoms with Gasteiger partial charge in [0.1, 0.15) is 6.33 Å². The van der Waals surface area contributed by atoms with Crippen LogP contribution in [0.15, 0.2) is 17.0 Å². The molecule has 0 amide bonds. The molecule has 0 spiro atoms. The Labute approximate surface area is 121 Å². The zero-order valence-electron chi connectivity index (χ0n) is 11.0. The molecular formula is C14H17BrN2O2. The fraction of sp³-hybridized carbons (Fsp3) is 0.643. The summed E-state index contributed by atoms with van der Waals surface area (Å²) in [5.74, 6) is -0.0254. The van der Waals surface area contributed by atoms with Gasteiger partial charge in [0, 0.05) is 11.6 Å². The van der Waals surface area contributed by atoms with Crippen LogP contribution >= 0.6 is 15.9 Å². The molecule has 4 nitrogen and oxygen atoms in total. The fourth-order valence-electron chi connectivity index (χ4n) is 3.77. The summed E-state index contributed by atoms with van der Waals surface area (Å²) in [7, 11) is 1.49. The van der Waals surface area contributed by atoms with Crippen molar-refractivity contribution in [2.24, 2.45) is 5.41 Å². The standard InChI is InChI=1S/C14H17BrN2O2/c1-19-12(18)14-5-2-13(3-6-14,4-7-14)11-10(15)8-16-9-17-11/h8-9H,2-7H2,1H3. The third-order valence-electron chi connectivity index (χ3n) is 5.03. The molecule has 0 aromatic carbocycles. The number of halogens is 1. The quantitative estimate of drug-likeness (QED) is 0.785. The molecule has 0 N–H and O–H groups in total. The van der Waals surface area contributed by atoms with E-state index in [4.69, 9.17) is 4.74 Å².